The molecule has 2 aliphatic heterocycles. The van der Waals surface area contributed by atoms with Gasteiger partial charge in [-0.15, -0.1) is 0 Å². The highest BCUT2D eigenvalue weighted by Gasteiger charge is 2.32. The van der Waals surface area contributed by atoms with Crippen LogP contribution in [0.1, 0.15) is 21.5 Å². The van der Waals surface area contributed by atoms with Crippen molar-refractivity contribution in [3.63, 3.8) is 0 Å². The van der Waals surface area contributed by atoms with E-state index in [1.54, 1.807) is 54.9 Å². The molecule has 0 radical (unpaired) electrons. The van der Waals surface area contributed by atoms with Crippen molar-refractivity contribution in [2.45, 2.75) is 6.54 Å². The fourth-order valence-electron chi connectivity index (χ4n) is 4.10. The number of ether oxygens (including phenoxy) is 1. The Hall–Kier alpha value is -3.71. The van der Waals surface area contributed by atoms with Gasteiger partial charge in [0.15, 0.2) is 5.76 Å². The van der Waals surface area contributed by atoms with Crippen LogP contribution in [0, 0.1) is 5.82 Å². The average Bonchev–Trinajstić information content (AvgIpc) is 3.13. The van der Waals surface area contributed by atoms with Crippen molar-refractivity contribution in [1.29, 1.82) is 0 Å². The Morgan fingerprint density at radius 1 is 1.00 bits per heavy atom. The Morgan fingerprint density at radius 3 is 2.44 bits per heavy atom. The molecule has 2 aromatic carbocycles. The number of rotatable bonds is 4. The van der Waals surface area contributed by atoms with Crippen LogP contribution >= 0.6 is 0 Å². The van der Waals surface area contributed by atoms with E-state index in [-0.39, 0.29) is 23.1 Å². The molecule has 0 saturated carbocycles. The largest absolute Gasteiger partial charge is 0.507 e. The molecule has 0 aliphatic carbocycles. The predicted octanol–water partition coefficient (Wildman–Crippen LogP) is 3.86. The summed E-state index contributed by atoms with van der Waals surface area (Å²) < 4.78 is 19.1. The van der Waals surface area contributed by atoms with Crippen LogP contribution < -0.4 is 9.64 Å². The molecule has 32 heavy (non-hydrogen) atoms. The summed E-state index contributed by atoms with van der Waals surface area (Å²) in [6, 6.07) is 13.3. The van der Waals surface area contributed by atoms with Crippen LogP contribution in [0.3, 0.4) is 0 Å². The lowest BCUT2D eigenvalue weighted by Gasteiger charge is -2.36. The number of allylic oxidation sites excluding steroid dienone is 1. The Labute approximate surface area is 185 Å². The zero-order chi connectivity index (χ0) is 22.1. The van der Waals surface area contributed by atoms with Gasteiger partial charge in [-0.25, -0.2) is 4.39 Å². The molecule has 2 aliphatic rings. The van der Waals surface area contributed by atoms with Crippen LogP contribution in [-0.2, 0) is 6.54 Å². The van der Waals surface area contributed by atoms with Gasteiger partial charge in [-0.1, -0.05) is 0 Å². The second-order valence-electron chi connectivity index (χ2n) is 7.90. The van der Waals surface area contributed by atoms with E-state index < -0.39 is 0 Å². The minimum absolute atomic E-state index is 0.114. The second kappa shape index (κ2) is 8.43. The lowest BCUT2D eigenvalue weighted by molar-refractivity contribution is 0.101. The number of Topliss-reactive ketones (excluding diaryl/α,β-unsaturated/α-hetero) is 1. The van der Waals surface area contributed by atoms with Crippen LogP contribution in [0.25, 0.3) is 6.08 Å². The first kappa shape index (κ1) is 20.2. The number of benzene rings is 2. The van der Waals surface area contributed by atoms with Crippen molar-refractivity contribution < 1.29 is 19.0 Å². The number of halogens is 1. The van der Waals surface area contributed by atoms with Crippen LogP contribution in [0.5, 0.6) is 11.5 Å². The van der Waals surface area contributed by atoms with E-state index in [9.17, 15) is 14.3 Å². The van der Waals surface area contributed by atoms with E-state index in [2.05, 4.69) is 14.8 Å². The monoisotopic (exact) mass is 431 g/mol. The molecule has 0 amide bonds. The maximum atomic E-state index is 13.2. The quantitative estimate of drug-likeness (QED) is 0.633. The molecule has 1 N–H and O–H groups in total. The van der Waals surface area contributed by atoms with Crippen LogP contribution in [0.15, 0.2) is 66.7 Å². The molecule has 1 fully saturated rings. The number of phenolic OH excluding ortho intramolecular Hbond substituents is 1. The van der Waals surface area contributed by atoms with Gasteiger partial charge in [0, 0.05) is 50.8 Å². The number of piperazine rings is 1. The molecule has 1 aromatic heterocycles. The van der Waals surface area contributed by atoms with Gasteiger partial charge in [-0.05, 0) is 60.2 Å². The molecule has 0 bridgehead atoms. The fourth-order valence-corrected chi connectivity index (χ4v) is 4.10. The highest BCUT2D eigenvalue weighted by Crippen LogP contribution is 2.40. The summed E-state index contributed by atoms with van der Waals surface area (Å²) in [6.07, 6.45) is 5.00. The van der Waals surface area contributed by atoms with Crippen molar-refractivity contribution in [1.82, 2.24) is 9.88 Å². The van der Waals surface area contributed by atoms with E-state index in [0.29, 0.717) is 23.4 Å². The number of aromatic hydroxyl groups is 1. The highest BCUT2D eigenvalue weighted by atomic mass is 19.1. The van der Waals surface area contributed by atoms with Crippen molar-refractivity contribution >= 4 is 17.5 Å². The first-order valence-corrected chi connectivity index (χ1v) is 10.5. The number of carbonyl (C=O) groups is 1. The standard InChI is InChI=1S/C25H22FN3O3/c26-18-1-3-19(4-2-18)29-13-11-28(12-14-29)16-21-22(30)6-5-20-24(31)23(32-25(20)21)15-17-7-9-27-10-8-17/h1-10,15,30H,11-14,16H2/b23-15-. The van der Waals surface area contributed by atoms with Crippen LogP contribution in [0.4, 0.5) is 10.1 Å². The molecule has 7 heteroatoms. The third kappa shape index (κ3) is 3.94. The van der Waals surface area contributed by atoms with Gasteiger partial charge in [0.1, 0.15) is 17.3 Å². The van der Waals surface area contributed by atoms with Gasteiger partial charge >= 0.3 is 0 Å². The summed E-state index contributed by atoms with van der Waals surface area (Å²) in [6.45, 7) is 3.59. The van der Waals surface area contributed by atoms with E-state index in [0.717, 1.165) is 37.4 Å². The van der Waals surface area contributed by atoms with Gasteiger partial charge in [-0.3, -0.25) is 14.7 Å². The Kier molecular flexibility index (Phi) is 5.33. The Balaban J connectivity index is 1.32. The van der Waals surface area contributed by atoms with Crippen molar-refractivity contribution in [3.05, 3.63) is 89.2 Å². The molecular formula is C25H22FN3O3. The number of pyridine rings is 1. The normalized spacial score (nSPS) is 17.5. The van der Waals surface area contributed by atoms with E-state index in [1.165, 1.54) is 12.1 Å². The van der Waals surface area contributed by atoms with E-state index >= 15 is 0 Å². The summed E-state index contributed by atoms with van der Waals surface area (Å²) in [4.78, 5) is 21.3. The highest BCUT2D eigenvalue weighted by molar-refractivity contribution is 6.15. The molecular weight excluding hydrogens is 409 g/mol. The second-order valence-corrected chi connectivity index (χ2v) is 7.90. The number of carbonyl (C=O) groups excluding carboxylic acids is 1. The fraction of sp³-hybridized carbons (Fsp3) is 0.200. The Bertz CT molecular complexity index is 1170. The number of ketones is 1. The van der Waals surface area contributed by atoms with Crippen molar-refractivity contribution in [2.24, 2.45) is 0 Å². The van der Waals surface area contributed by atoms with Gasteiger partial charge < -0.3 is 14.7 Å². The average molecular weight is 431 g/mol. The summed E-state index contributed by atoms with van der Waals surface area (Å²) in [5.74, 6) is 0.338. The number of hydrogen-bond acceptors (Lipinski definition) is 6. The first-order valence-electron chi connectivity index (χ1n) is 10.5. The van der Waals surface area contributed by atoms with E-state index in [4.69, 9.17) is 4.74 Å². The van der Waals surface area contributed by atoms with Crippen LogP contribution in [0.2, 0.25) is 0 Å². The van der Waals surface area contributed by atoms with Gasteiger partial charge in [0.25, 0.3) is 0 Å². The molecule has 1 saturated heterocycles. The Morgan fingerprint density at radius 2 is 1.72 bits per heavy atom. The van der Waals surface area contributed by atoms with Crippen LogP contribution in [-0.4, -0.2) is 47.0 Å². The third-order valence-corrected chi connectivity index (χ3v) is 5.87. The van der Waals surface area contributed by atoms with E-state index in [1.807, 2.05) is 0 Å². The summed E-state index contributed by atoms with van der Waals surface area (Å²) in [5.41, 5.74) is 2.89. The lowest BCUT2D eigenvalue weighted by Crippen LogP contribution is -2.46. The maximum Gasteiger partial charge on any atom is 0.231 e. The minimum atomic E-state index is -0.243. The molecule has 3 heterocycles. The SMILES string of the molecule is O=C1/C(=C/c2ccncc2)Oc2c1ccc(O)c2CN1CCN(c2ccc(F)cc2)CC1. The van der Waals surface area contributed by atoms with Gasteiger partial charge in [0.2, 0.25) is 5.78 Å². The lowest BCUT2D eigenvalue weighted by atomic mass is 10.0. The third-order valence-electron chi connectivity index (χ3n) is 5.87. The smallest absolute Gasteiger partial charge is 0.231 e. The summed E-state index contributed by atoms with van der Waals surface area (Å²) in [5, 5.41) is 10.5. The number of nitrogens with zero attached hydrogens (tertiary/aromatic N) is 3. The van der Waals surface area contributed by atoms with Gasteiger partial charge in [0.05, 0.1) is 11.1 Å². The zero-order valence-corrected chi connectivity index (χ0v) is 17.4. The zero-order valence-electron chi connectivity index (χ0n) is 17.4. The first-order chi connectivity index (χ1) is 15.6. The van der Waals surface area contributed by atoms with Crippen molar-refractivity contribution in [2.75, 3.05) is 31.1 Å². The number of anilines is 1. The number of fused-ring (bicyclic) bond motifs is 1. The molecule has 0 atom stereocenters. The predicted molar refractivity (Wildman–Crippen MR) is 119 cm³/mol. The van der Waals surface area contributed by atoms with Crippen molar-refractivity contribution in [3.8, 4) is 11.5 Å². The topological polar surface area (TPSA) is 65.9 Å². The number of aromatic nitrogens is 1. The maximum absolute atomic E-state index is 13.2. The number of hydrogen-bond donors (Lipinski definition) is 1. The van der Waals surface area contributed by atoms with Gasteiger partial charge in [-0.2, -0.15) is 0 Å². The molecule has 0 unspecified atom stereocenters. The summed E-state index contributed by atoms with van der Waals surface area (Å²) in [7, 11) is 0. The molecule has 3 aromatic rings. The number of phenols is 1. The molecule has 6 nitrogen and oxygen atoms in total. The molecule has 0 spiro atoms. The molecule has 162 valence electrons. The molecule has 5 rings (SSSR count). The summed E-state index contributed by atoms with van der Waals surface area (Å²) >= 11 is 0. The minimum Gasteiger partial charge on any atom is -0.507 e.